The summed E-state index contributed by atoms with van der Waals surface area (Å²) in [6, 6.07) is 7.20. The Labute approximate surface area is 122 Å². The van der Waals surface area contributed by atoms with Crippen LogP contribution in [0.1, 0.15) is 5.56 Å². The Hall–Kier alpha value is -2.13. The molecule has 0 amide bonds. The molecule has 0 aliphatic rings. The van der Waals surface area contributed by atoms with Gasteiger partial charge in [-0.25, -0.2) is 4.98 Å². The molecule has 0 N–H and O–H groups in total. The lowest BCUT2D eigenvalue weighted by atomic mass is 10.2. The highest BCUT2D eigenvalue weighted by atomic mass is 32.2. The molecule has 6 heteroatoms. The first-order valence-corrected chi connectivity index (χ1v) is 7.04. The van der Waals surface area contributed by atoms with Gasteiger partial charge < -0.3 is 14.0 Å². The second-order valence-electron chi connectivity index (χ2n) is 4.00. The fraction of sp³-hybridized carbons (Fsp3) is 0.286. The minimum absolute atomic E-state index is 0.541. The molecule has 0 saturated heterocycles. The largest absolute Gasteiger partial charge is 0.493 e. The standard InChI is InChI=1S/C14H15N3O2S/c1-17-6-5-16-14(17)20-8-7-19-12-4-3-11(10-15)9-13(12)18-2/h3-6,9H,7-8H2,1-2H3. The van der Waals surface area contributed by atoms with Crippen molar-refractivity contribution in [3.05, 3.63) is 36.2 Å². The molecule has 1 heterocycles. The third-order valence-electron chi connectivity index (χ3n) is 2.64. The predicted octanol–water partition coefficient (Wildman–Crippen LogP) is 2.47. The van der Waals surface area contributed by atoms with Gasteiger partial charge in [0.25, 0.3) is 0 Å². The van der Waals surface area contributed by atoms with Gasteiger partial charge in [0.1, 0.15) is 0 Å². The number of imidazole rings is 1. The molecule has 1 aromatic carbocycles. The maximum Gasteiger partial charge on any atom is 0.167 e. The van der Waals surface area contributed by atoms with Crippen LogP contribution >= 0.6 is 11.8 Å². The molecule has 104 valence electrons. The number of nitrogens with zero attached hydrogens (tertiary/aromatic N) is 3. The first-order chi connectivity index (χ1) is 9.74. The zero-order chi connectivity index (χ0) is 14.4. The van der Waals surface area contributed by atoms with E-state index in [0.29, 0.717) is 23.7 Å². The van der Waals surface area contributed by atoms with Crippen LogP contribution in [0.25, 0.3) is 0 Å². The molecule has 0 spiro atoms. The molecule has 0 radical (unpaired) electrons. The quantitative estimate of drug-likeness (QED) is 0.604. The summed E-state index contributed by atoms with van der Waals surface area (Å²) in [5, 5.41) is 9.79. The van der Waals surface area contributed by atoms with Crippen LogP contribution in [0.15, 0.2) is 35.7 Å². The van der Waals surface area contributed by atoms with Crippen LogP contribution in [-0.4, -0.2) is 29.0 Å². The van der Waals surface area contributed by atoms with Crippen molar-refractivity contribution in [2.75, 3.05) is 19.5 Å². The lowest BCUT2D eigenvalue weighted by molar-refractivity contribution is 0.313. The molecular weight excluding hydrogens is 274 g/mol. The highest BCUT2D eigenvalue weighted by molar-refractivity contribution is 7.99. The second-order valence-corrected chi connectivity index (χ2v) is 5.06. The average Bonchev–Trinajstić information content (AvgIpc) is 2.89. The summed E-state index contributed by atoms with van der Waals surface area (Å²) in [4.78, 5) is 4.23. The van der Waals surface area contributed by atoms with Crippen LogP contribution in [-0.2, 0) is 7.05 Å². The Morgan fingerprint density at radius 3 is 2.90 bits per heavy atom. The molecule has 0 fully saturated rings. The topological polar surface area (TPSA) is 60.1 Å². The fourth-order valence-corrected chi connectivity index (χ4v) is 2.38. The number of rotatable bonds is 6. The lowest BCUT2D eigenvalue weighted by Crippen LogP contribution is -2.03. The van der Waals surface area contributed by atoms with E-state index in [-0.39, 0.29) is 0 Å². The van der Waals surface area contributed by atoms with E-state index in [1.165, 1.54) is 0 Å². The van der Waals surface area contributed by atoms with Crippen molar-refractivity contribution in [1.82, 2.24) is 9.55 Å². The van der Waals surface area contributed by atoms with Crippen LogP contribution < -0.4 is 9.47 Å². The number of hydrogen-bond donors (Lipinski definition) is 0. The first-order valence-electron chi connectivity index (χ1n) is 6.05. The number of ether oxygens (including phenoxy) is 2. The van der Waals surface area contributed by atoms with Gasteiger partial charge >= 0.3 is 0 Å². The molecule has 0 saturated carbocycles. The van der Waals surface area contributed by atoms with Gasteiger partial charge in [-0.05, 0) is 12.1 Å². The number of methoxy groups -OCH3 is 1. The van der Waals surface area contributed by atoms with E-state index < -0.39 is 0 Å². The highest BCUT2D eigenvalue weighted by Crippen LogP contribution is 2.28. The van der Waals surface area contributed by atoms with Crippen LogP contribution in [0, 0.1) is 11.3 Å². The third kappa shape index (κ3) is 3.45. The SMILES string of the molecule is COc1cc(C#N)ccc1OCCSc1nccn1C. The number of benzene rings is 1. The van der Waals surface area contributed by atoms with Crippen LogP contribution in [0.2, 0.25) is 0 Å². The molecular formula is C14H15N3O2S. The molecule has 2 rings (SSSR count). The van der Waals surface area contributed by atoms with E-state index in [1.54, 1.807) is 43.3 Å². The van der Waals surface area contributed by atoms with E-state index in [2.05, 4.69) is 11.1 Å². The van der Waals surface area contributed by atoms with Crippen molar-refractivity contribution in [3.8, 4) is 17.6 Å². The Balaban J connectivity index is 1.88. The van der Waals surface area contributed by atoms with Crippen molar-refractivity contribution in [1.29, 1.82) is 5.26 Å². The Kier molecular flexibility index (Phi) is 4.91. The van der Waals surface area contributed by atoms with Crippen molar-refractivity contribution in [3.63, 3.8) is 0 Å². The minimum Gasteiger partial charge on any atom is -0.493 e. The minimum atomic E-state index is 0.541. The molecule has 0 unspecified atom stereocenters. The maximum atomic E-state index is 8.84. The number of aryl methyl sites for hydroxylation is 1. The maximum absolute atomic E-state index is 8.84. The van der Waals surface area contributed by atoms with Gasteiger partial charge in [0.15, 0.2) is 16.7 Å². The summed E-state index contributed by atoms with van der Waals surface area (Å²) >= 11 is 1.63. The normalized spacial score (nSPS) is 10.1. The van der Waals surface area contributed by atoms with Gasteiger partial charge in [0.2, 0.25) is 0 Å². The van der Waals surface area contributed by atoms with Crippen LogP contribution in [0.3, 0.4) is 0 Å². The van der Waals surface area contributed by atoms with Gasteiger partial charge in [-0.1, -0.05) is 11.8 Å². The van der Waals surface area contributed by atoms with E-state index in [0.717, 1.165) is 10.9 Å². The van der Waals surface area contributed by atoms with Crippen molar-refractivity contribution in [2.24, 2.45) is 7.05 Å². The van der Waals surface area contributed by atoms with Crippen molar-refractivity contribution >= 4 is 11.8 Å². The van der Waals surface area contributed by atoms with E-state index in [1.807, 2.05) is 17.8 Å². The van der Waals surface area contributed by atoms with Crippen molar-refractivity contribution < 1.29 is 9.47 Å². The third-order valence-corrected chi connectivity index (χ3v) is 3.66. The molecule has 0 aliphatic carbocycles. The van der Waals surface area contributed by atoms with Crippen LogP contribution in [0.5, 0.6) is 11.5 Å². The number of hydrogen-bond acceptors (Lipinski definition) is 5. The predicted molar refractivity (Wildman–Crippen MR) is 77.1 cm³/mol. The first kappa shape index (κ1) is 14.3. The van der Waals surface area contributed by atoms with Gasteiger partial charge in [0.05, 0.1) is 25.3 Å². The number of nitriles is 1. The van der Waals surface area contributed by atoms with Crippen LogP contribution in [0.4, 0.5) is 0 Å². The lowest BCUT2D eigenvalue weighted by Gasteiger charge is -2.10. The van der Waals surface area contributed by atoms with Gasteiger partial charge in [-0.2, -0.15) is 5.26 Å². The molecule has 0 aliphatic heterocycles. The summed E-state index contributed by atoms with van der Waals surface area (Å²) in [6.45, 7) is 0.541. The molecule has 2 aromatic rings. The average molecular weight is 289 g/mol. The zero-order valence-electron chi connectivity index (χ0n) is 11.4. The Morgan fingerprint density at radius 2 is 2.25 bits per heavy atom. The Morgan fingerprint density at radius 1 is 1.40 bits per heavy atom. The zero-order valence-corrected chi connectivity index (χ0v) is 12.2. The van der Waals surface area contributed by atoms with E-state index >= 15 is 0 Å². The summed E-state index contributed by atoms with van der Waals surface area (Å²) < 4.78 is 12.8. The summed E-state index contributed by atoms with van der Waals surface area (Å²) in [7, 11) is 3.52. The fourth-order valence-electron chi connectivity index (χ4n) is 1.63. The van der Waals surface area contributed by atoms with Gasteiger partial charge in [0, 0.05) is 31.3 Å². The summed E-state index contributed by atoms with van der Waals surface area (Å²) in [5.74, 6) is 2.01. The molecule has 5 nitrogen and oxygen atoms in total. The molecule has 20 heavy (non-hydrogen) atoms. The van der Waals surface area contributed by atoms with E-state index in [9.17, 15) is 0 Å². The smallest absolute Gasteiger partial charge is 0.167 e. The molecule has 1 aromatic heterocycles. The van der Waals surface area contributed by atoms with E-state index in [4.69, 9.17) is 14.7 Å². The molecule has 0 atom stereocenters. The number of thioether (sulfide) groups is 1. The highest BCUT2D eigenvalue weighted by Gasteiger charge is 2.06. The monoisotopic (exact) mass is 289 g/mol. The van der Waals surface area contributed by atoms with Gasteiger partial charge in [-0.15, -0.1) is 0 Å². The number of aromatic nitrogens is 2. The summed E-state index contributed by atoms with van der Waals surface area (Å²) in [6.07, 6.45) is 3.68. The summed E-state index contributed by atoms with van der Waals surface area (Å²) in [5.41, 5.74) is 0.552. The Bertz CT molecular complexity index is 619. The van der Waals surface area contributed by atoms with Crippen molar-refractivity contribution in [2.45, 2.75) is 5.16 Å². The van der Waals surface area contributed by atoms with Gasteiger partial charge in [-0.3, -0.25) is 0 Å². The molecule has 0 bridgehead atoms. The second kappa shape index (κ2) is 6.87.